The smallest absolute Gasteiger partial charge is 0.254 e. The molecule has 3 N–H and O–H groups in total. The Hall–Kier alpha value is -0.840. The molecule has 15 heavy (non-hydrogen) atoms. The molecule has 1 aromatic heterocycles. The van der Waals surface area contributed by atoms with Crippen LogP contribution in [0.1, 0.15) is 16.8 Å². The molecule has 82 valence electrons. The van der Waals surface area contributed by atoms with Gasteiger partial charge < -0.3 is 11.1 Å². The van der Waals surface area contributed by atoms with Crippen LogP contribution in [0, 0.1) is 0 Å². The Morgan fingerprint density at radius 1 is 1.47 bits per heavy atom. The highest BCUT2D eigenvalue weighted by Gasteiger charge is 2.10. The quantitative estimate of drug-likeness (QED) is 0.626. The number of carbonyl (C=O) groups excluding carboxylic acids is 1. The number of hydrogen-bond donors (Lipinski definition) is 2. The number of nitrogens with one attached hydrogen (secondary N) is 1. The Morgan fingerprint density at radius 3 is 2.80 bits per heavy atom. The molecular weight excluding hydrogens is 237 g/mol. The van der Waals surface area contributed by atoms with Gasteiger partial charge in [-0.3, -0.25) is 4.79 Å². The Morgan fingerprint density at radius 2 is 2.20 bits per heavy atom. The van der Waals surface area contributed by atoms with Crippen molar-refractivity contribution in [2.45, 2.75) is 6.42 Å². The van der Waals surface area contributed by atoms with Crippen molar-refractivity contribution < 1.29 is 4.79 Å². The zero-order valence-electron chi connectivity index (χ0n) is 7.96. The third-order valence-corrected chi connectivity index (χ3v) is 2.22. The minimum Gasteiger partial charge on any atom is -0.352 e. The van der Waals surface area contributed by atoms with E-state index < -0.39 is 0 Å². The summed E-state index contributed by atoms with van der Waals surface area (Å²) < 4.78 is 0. The summed E-state index contributed by atoms with van der Waals surface area (Å²) in [6.07, 6.45) is 0.727. The van der Waals surface area contributed by atoms with E-state index in [9.17, 15) is 4.79 Å². The molecule has 1 heterocycles. The van der Waals surface area contributed by atoms with Crippen LogP contribution in [-0.4, -0.2) is 24.0 Å². The maximum Gasteiger partial charge on any atom is 0.254 e. The minimum absolute atomic E-state index is 0.104. The number of rotatable bonds is 4. The molecule has 0 radical (unpaired) electrons. The number of nitrogens with zero attached hydrogens (tertiary/aromatic N) is 1. The van der Waals surface area contributed by atoms with Crippen LogP contribution in [0.15, 0.2) is 12.1 Å². The number of halogens is 2. The summed E-state index contributed by atoms with van der Waals surface area (Å²) in [4.78, 5) is 15.3. The first-order valence-electron chi connectivity index (χ1n) is 4.45. The second kappa shape index (κ2) is 5.90. The van der Waals surface area contributed by atoms with Gasteiger partial charge in [0.25, 0.3) is 5.91 Å². The summed E-state index contributed by atoms with van der Waals surface area (Å²) in [7, 11) is 0. The van der Waals surface area contributed by atoms with E-state index in [1.807, 2.05) is 0 Å². The summed E-state index contributed by atoms with van der Waals surface area (Å²) in [6, 6.07) is 3.06. The molecule has 6 heteroatoms. The summed E-state index contributed by atoms with van der Waals surface area (Å²) in [6.45, 7) is 1.06. The minimum atomic E-state index is -0.266. The molecule has 1 amide bonds. The van der Waals surface area contributed by atoms with E-state index in [-0.39, 0.29) is 16.2 Å². The van der Waals surface area contributed by atoms with E-state index in [0.717, 1.165) is 6.42 Å². The van der Waals surface area contributed by atoms with Gasteiger partial charge in [0.2, 0.25) is 0 Å². The molecule has 0 aromatic carbocycles. The Balaban J connectivity index is 2.65. The van der Waals surface area contributed by atoms with Crippen molar-refractivity contribution in [1.82, 2.24) is 10.3 Å². The van der Waals surface area contributed by atoms with E-state index in [0.29, 0.717) is 18.7 Å². The lowest BCUT2D eigenvalue weighted by Crippen LogP contribution is -2.26. The SMILES string of the molecule is NCCCNC(=O)c1ccc(Cl)nc1Cl. The first-order chi connectivity index (χ1) is 7.15. The van der Waals surface area contributed by atoms with Crippen molar-refractivity contribution in [3.8, 4) is 0 Å². The zero-order chi connectivity index (χ0) is 11.3. The lowest BCUT2D eigenvalue weighted by atomic mass is 10.2. The van der Waals surface area contributed by atoms with Crippen molar-refractivity contribution in [1.29, 1.82) is 0 Å². The van der Waals surface area contributed by atoms with E-state index in [2.05, 4.69) is 10.3 Å². The number of pyridine rings is 1. The lowest BCUT2D eigenvalue weighted by molar-refractivity contribution is 0.0953. The number of amides is 1. The van der Waals surface area contributed by atoms with Gasteiger partial charge in [-0.1, -0.05) is 23.2 Å². The molecule has 0 aliphatic carbocycles. The lowest BCUT2D eigenvalue weighted by Gasteiger charge is -2.05. The summed E-state index contributed by atoms with van der Waals surface area (Å²) in [5.74, 6) is -0.266. The molecule has 1 rings (SSSR count). The molecule has 0 aliphatic heterocycles. The first-order valence-corrected chi connectivity index (χ1v) is 5.21. The molecule has 0 bridgehead atoms. The molecule has 0 atom stereocenters. The molecule has 0 unspecified atom stereocenters. The highest BCUT2D eigenvalue weighted by atomic mass is 35.5. The van der Waals surface area contributed by atoms with Crippen molar-refractivity contribution in [3.63, 3.8) is 0 Å². The van der Waals surface area contributed by atoms with Gasteiger partial charge in [-0.15, -0.1) is 0 Å². The van der Waals surface area contributed by atoms with E-state index in [4.69, 9.17) is 28.9 Å². The molecule has 0 saturated heterocycles. The predicted molar refractivity (Wildman–Crippen MR) is 60.3 cm³/mol. The van der Waals surface area contributed by atoms with Crippen LogP contribution >= 0.6 is 23.2 Å². The number of hydrogen-bond acceptors (Lipinski definition) is 3. The van der Waals surface area contributed by atoms with Crippen LogP contribution in [0.3, 0.4) is 0 Å². The highest BCUT2D eigenvalue weighted by molar-refractivity contribution is 6.34. The highest BCUT2D eigenvalue weighted by Crippen LogP contribution is 2.16. The summed E-state index contributed by atoms with van der Waals surface area (Å²) in [5, 5.41) is 3.04. The van der Waals surface area contributed by atoms with Crippen LogP contribution in [0.2, 0.25) is 10.3 Å². The van der Waals surface area contributed by atoms with Gasteiger partial charge in [0.15, 0.2) is 0 Å². The normalized spacial score (nSPS) is 10.1. The molecule has 4 nitrogen and oxygen atoms in total. The average molecular weight is 248 g/mol. The third kappa shape index (κ3) is 3.66. The van der Waals surface area contributed by atoms with E-state index >= 15 is 0 Å². The second-order valence-corrected chi connectivity index (χ2v) is 3.62. The maximum absolute atomic E-state index is 11.5. The van der Waals surface area contributed by atoms with Crippen molar-refractivity contribution in [2.24, 2.45) is 5.73 Å². The van der Waals surface area contributed by atoms with Crippen molar-refractivity contribution in [2.75, 3.05) is 13.1 Å². The predicted octanol–water partition coefficient (Wildman–Crippen LogP) is 1.47. The molecule has 0 fully saturated rings. The maximum atomic E-state index is 11.5. The Bertz CT molecular complexity index is 357. The van der Waals surface area contributed by atoms with Gasteiger partial charge in [-0.25, -0.2) is 4.98 Å². The number of aromatic nitrogens is 1. The van der Waals surface area contributed by atoms with Gasteiger partial charge in [-0.05, 0) is 25.1 Å². The largest absolute Gasteiger partial charge is 0.352 e. The fourth-order valence-corrected chi connectivity index (χ4v) is 1.41. The van der Waals surface area contributed by atoms with Gasteiger partial charge in [0.05, 0.1) is 5.56 Å². The number of nitrogens with two attached hydrogens (primary N) is 1. The molecular formula is C9H11Cl2N3O. The average Bonchev–Trinajstić information content (AvgIpc) is 2.17. The monoisotopic (exact) mass is 247 g/mol. The van der Waals surface area contributed by atoms with Gasteiger partial charge in [0.1, 0.15) is 10.3 Å². The zero-order valence-corrected chi connectivity index (χ0v) is 9.48. The van der Waals surface area contributed by atoms with Gasteiger partial charge >= 0.3 is 0 Å². The van der Waals surface area contributed by atoms with Crippen LogP contribution in [0.5, 0.6) is 0 Å². The molecule has 0 spiro atoms. The van der Waals surface area contributed by atoms with E-state index in [1.165, 1.54) is 12.1 Å². The van der Waals surface area contributed by atoms with Gasteiger partial charge in [-0.2, -0.15) is 0 Å². The Labute approximate surface area is 97.8 Å². The van der Waals surface area contributed by atoms with Crippen LogP contribution in [0.25, 0.3) is 0 Å². The molecule has 0 aliphatic rings. The van der Waals surface area contributed by atoms with Crippen molar-refractivity contribution in [3.05, 3.63) is 28.0 Å². The number of carbonyl (C=O) groups is 1. The fourth-order valence-electron chi connectivity index (χ4n) is 0.981. The van der Waals surface area contributed by atoms with Crippen molar-refractivity contribution >= 4 is 29.1 Å². The summed E-state index contributed by atoms with van der Waals surface area (Å²) >= 11 is 11.4. The van der Waals surface area contributed by atoms with Crippen LogP contribution < -0.4 is 11.1 Å². The molecule has 1 aromatic rings. The van der Waals surface area contributed by atoms with Gasteiger partial charge in [0, 0.05) is 6.54 Å². The summed E-state index contributed by atoms with van der Waals surface area (Å²) in [5.41, 5.74) is 5.61. The standard InChI is InChI=1S/C9H11Cl2N3O/c10-7-3-2-6(8(11)14-7)9(15)13-5-1-4-12/h2-3H,1,4-5,12H2,(H,13,15). The second-order valence-electron chi connectivity index (χ2n) is 2.87. The van der Waals surface area contributed by atoms with Crippen LogP contribution in [-0.2, 0) is 0 Å². The molecule has 0 saturated carbocycles. The fraction of sp³-hybridized carbons (Fsp3) is 0.333. The van der Waals surface area contributed by atoms with Crippen LogP contribution in [0.4, 0.5) is 0 Å². The first kappa shape index (κ1) is 12.2. The van der Waals surface area contributed by atoms with E-state index in [1.54, 1.807) is 0 Å². The third-order valence-electron chi connectivity index (χ3n) is 1.73. The Kier molecular flexibility index (Phi) is 4.81. The topological polar surface area (TPSA) is 68.0 Å².